The number of aromatic hydroxyl groups is 1. The van der Waals surface area contributed by atoms with Crippen LogP contribution >= 0.6 is 0 Å². The van der Waals surface area contributed by atoms with Crippen molar-refractivity contribution in [2.75, 3.05) is 13.1 Å². The highest BCUT2D eigenvalue weighted by molar-refractivity contribution is 5.43. The van der Waals surface area contributed by atoms with Crippen LogP contribution in [0.15, 0.2) is 48.5 Å². The molecular formula is C21H29NO. The van der Waals surface area contributed by atoms with Crippen molar-refractivity contribution in [2.24, 2.45) is 0 Å². The normalized spacial score (nSPS) is 12.8. The number of aryl methyl sites for hydroxylation is 1. The van der Waals surface area contributed by atoms with Gasteiger partial charge >= 0.3 is 0 Å². The van der Waals surface area contributed by atoms with Gasteiger partial charge in [0.15, 0.2) is 0 Å². The van der Waals surface area contributed by atoms with Crippen molar-refractivity contribution in [1.29, 1.82) is 0 Å². The summed E-state index contributed by atoms with van der Waals surface area (Å²) < 4.78 is 0. The highest BCUT2D eigenvalue weighted by Crippen LogP contribution is 2.34. The maximum Gasteiger partial charge on any atom is 0.119 e. The zero-order valence-corrected chi connectivity index (χ0v) is 14.8. The Morgan fingerprint density at radius 1 is 1.04 bits per heavy atom. The minimum atomic E-state index is 0.226. The number of benzene rings is 2. The molecule has 1 N–H and O–H groups in total. The molecule has 0 radical (unpaired) electrons. The van der Waals surface area contributed by atoms with Crippen molar-refractivity contribution in [2.45, 2.75) is 46.1 Å². The summed E-state index contributed by atoms with van der Waals surface area (Å²) in [6.45, 7) is 10.9. The van der Waals surface area contributed by atoms with E-state index in [1.54, 1.807) is 0 Å². The second-order valence-electron chi connectivity index (χ2n) is 6.54. The van der Waals surface area contributed by atoms with E-state index in [1.807, 2.05) is 18.2 Å². The molecule has 0 fully saturated rings. The largest absolute Gasteiger partial charge is 0.508 e. The fraction of sp³-hybridized carbons (Fsp3) is 0.429. The van der Waals surface area contributed by atoms with Gasteiger partial charge in [0.25, 0.3) is 0 Å². The summed E-state index contributed by atoms with van der Waals surface area (Å²) in [4.78, 5) is 2.47. The number of rotatable bonds is 7. The zero-order chi connectivity index (χ0) is 16.8. The van der Waals surface area contributed by atoms with Crippen molar-refractivity contribution < 1.29 is 5.11 Å². The van der Waals surface area contributed by atoms with E-state index in [-0.39, 0.29) is 5.92 Å². The van der Waals surface area contributed by atoms with E-state index in [1.165, 1.54) is 11.1 Å². The Morgan fingerprint density at radius 2 is 1.74 bits per heavy atom. The number of hydrogen-bond donors (Lipinski definition) is 1. The fourth-order valence-electron chi connectivity index (χ4n) is 3.22. The maximum atomic E-state index is 10.4. The zero-order valence-electron chi connectivity index (χ0n) is 14.8. The third-order valence-corrected chi connectivity index (χ3v) is 4.60. The summed E-state index contributed by atoms with van der Waals surface area (Å²) in [5.41, 5.74) is 3.50. The van der Waals surface area contributed by atoms with E-state index in [0.29, 0.717) is 11.8 Å². The predicted molar refractivity (Wildman–Crippen MR) is 98.1 cm³/mol. The van der Waals surface area contributed by atoms with Gasteiger partial charge in [-0.1, -0.05) is 55.0 Å². The Labute approximate surface area is 140 Å². The Kier molecular flexibility index (Phi) is 6.23. The minimum absolute atomic E-state index is 0.226. The quantitative estimate of drug-likeness (QED) is 0.782. The van der Waals surface area contributed by atoms with Gasteiger partial charge in [-0.25, -0.2) is 0 Å². The van der Waals surface area contributed by atoms with Crippen LogP contribution < -0.4 is 0 Å². The summed E-state index contributed by atoms with van der Waals surface area (Å²) in [6.07, 6.45) is 1.01. The fourth-order valence-corrected chi connectivity index (χ4v) is 3.22. The van der Waals surface area contributed by atoms with Gasteiger partial charge in [0.1, 0.15) is 5.75 Å². The molecule has 0 bridgehead atoms. The molecule has 0 saturated heterocycles. The summed E-state index contributed by atoms with van der Waals surface area (Å²) in [7, 11) is 0. The second-order valence-corrected chi connectivity index (χ2v) is 6.54. The van der Waals surface area contributed by atoms with E-state index >= 15 is 0 Å². The molecule has 0 heterocycles. The van der Waals surface area contributed by atoms with Crippen LogP contribution in [0.5, 0.6) is 5.75 Å². The van der Waals surface area contributed by atoms with Crippen LogP contribution in [0.3, 0.4) is 0 Å². The molecule has 124 valence electrons. The molecule has 2 nitrogen and oxygen atoms in total. The topological polar surface area (TPSA) is 23.5 Å². The van der Waals surface area contributed by atoms with Crippen LogP contribution in [0.4, 0.5) is 0 Å². The standard InChI is InChI=1S/C21H29NO/c1-5-22(16(2)3)14-13-19(18-9-7-6-8-10-18)20-15-17(4)11-12-21(20)23/h6-12,15-16,19,23H,5,13-14H2,1-4H3/t19-/m1/s1. The third-order valence-electron chi connectivity index (χ3n) is 4.60. The first-order valence-corrected chi connectivity index (χ1v) is 8.61. The monoisotopic (exact) mass is 311 g/mol. The van der Waals surface area contributed by atoms with Gasteiger partial charge in [0.2, 0.25) is 0 Å². The van der Waals surface area contributed by atoms with E-state index in [9.17, 15) is 5.11 Å². The number of phenols is 1. The Morgan fingerprint density at radius 3 is 2.35 bits per heavy atom. The second kappa shape index (κ2) is 8.16. The lowest BCUT2D eigenvalue weighted by molar-refractivity contribution is 0.227. The van der Waals surface area contributed by atoms with Gasteiger partial charge in [0.05, 0.1) is 0 Å². The van der Waals surface area contributed by atoms with Gasteiger partial charge in [-0.05, 0) is 51.9 Å². The van der Waals surface area contributed by atoms with Crippen molar-refractivity contribution in [3.63, 3.8) is 0 Å². The van der Waals surface area contributed by atoms with Gasteiger partial charge in [0, 0.05) is 17.5 Å². The van der Waals surface area contributed by atoms with Crippen molar-refractivity contribution >= 4 is 0 Å². The molecule has 1 atom stereocenters. The van der Waals surface area contributed by atoms with Crippen LogP contribution in [0.1, 0.15) is 49.8 Å². The smallest absolute Gasteiger partial charge is 0.119 e. The van der Waals surface area contributed by atoms with Crippen molar-refractivity contribution in [3.05, 3.63) is 65.2 Å². The van der Waals surface area contributed by atoms with E-state index in [2.05, 4.69) is 62.9 Å². The molecule has 0 saturated carbocycles. The Bertz CT molecular complexity index is 606. The van der Waals surface area contributed by atoms with Crippen LogP contribution in [0.2, 0.25) is 0 Å². The summed E-state index contributed by atoms with van der Waals surface area (Å²) in [5, 5.41) is 10.4. The highest BCUT2D eigenvalue weighted by atomic mass is 16.3. The molecule has 2 rings (SSSR count). The van der Waals surface area contributed by atoms with E-state index in [4.69, 9.17) is 0 Å². The molecule has 0 aliphatic rings. The average molecular weight is 311 g/mol. The highest BCUT2D eigenvalue weighted by Gasteiger charge is 2.19. The number of nitrogens with zero attached hydrogens (tertiary/aromatic N) is 1. The first-order chi connectivity index (χ1) is 11.0. The first-order valence-electron chi connectivity index (χ1n) is 8.61. The molecule has 0 amide bonds. The lowest BCUT2D eigenvalue weighted by atomic mass is 9.87. The third kappa shape index (κ3) is 4.59. The van der Waals surface area contributed by atoms with Crippen LogP contribution in [0, 0.1) is 6.92 Å². The van der Waals surface area contributed by atoms with Gasteiger partial charge in [-0.3, -0.25) is 0 Å². The number of hydrogen-bond acceptors (Lipinski definition) is 2. The lowest BCUT2D eigenvalue weighted by Crippen LogP contribution is -2.32. The van der Waals surface area contributed by atoms with Crippen LogP contribution in [-0.2, 0) is 0 Å². The SMILES string of the molecule is CCN(CC[C@H](c1ccccc1)c1cc(C)ccc1O)C(C)C. The van der Waals surface area contributed by atoms with Crippen LogP contribution in [0.25, 0.3) is 0 Å². The van der Waals surface area contributed by atoms with E-state index < -0.39 is 0 Å². The average Bonchev–Trinajstić information content (AvgIpc) is 2.55. The number of phenolic OH excluding ortho intramolecular Hbond substituents is 1. The molecule has 0 aliphatic heterocycles. The van der Waals surface area contributed by atoms with Crippen molar-refractivity contribution in [3.8, 4) is 5.75 Å². The maximum absolute atomic E-state index is 10.4. The molecule has 2 aromatic carbocycles. The molecule has 23 heavy (non-hydrogen) atoms. The van der Waals surface area contributed by atoms with E-state index in [0.717, 1.165) is 25.1 Å². The van der Waals surface area contributed by atoms with Crippen LogP contribution in [-0.4, -0.2) is 29.1 Å². The molecule has 2 heteroatoms. The molecule has 0 unspecified atom stereocenters. The van der Waals surface area contributed by atoms with Gasteiger partial charge in [-0.2, -0.15) is 0 Å². The molecule has 0 spiro atoms. The molecular weight excluding hydrogens is 282 g/mol. The molecule has 0 aliphatic carbocycles. The molecule has 2 aromatic rings. The minimum Gasteiger partial charge on any atom is -0.508 e. The predicted octanol–water partition coefficient (Wildman–Crippen LogP) is 4.95. The van der Waals surface area contributed by atoms with Gasteiger partial charge in [-0.15, -0.1) is 0 Å². The summed E-state index contributed by atoms with van der Waals surface area (Å²) >= 11 is 0. The first kappa shape index (κ1) is 17.6. The molecule has 0 aromatic heterocycles. The summed E-state index contributed by atoms with van der Waals surface area (Å²) in [6, 6.07) is 17.0. The lowest BCUT2D eigenvalue weighted by Gasteiger charge is -2.28. The summed E-state index contributed by atoms with van der Waals surface area (Å²) in [5.74, 6) is 0.626. The van der Waals surface area contributed by atoms with Crippen molar-refractivity contribution in [1.82, 2.24) is 4.90 Å². The van der Waals surface area contributed by atoms with Gasteiger partial charge < -0.3 is 10.0 Å². The Balaban J connectivity index is 2.31. The Hall–Kier alpha value is -1.80.